The average Bonchev–Trinajstić information content (AvgIpc) is 1.91. The number of ketones is 1. The predicted molar refractivity (Wildman–Crippen MR) is 328 cm³/mol. The van der Waals surface area contributed by atoms with Crippen LogP contribution >= 0.6 is 11.8 Å². The summed E-state index contributed by atoms with van der Waals surface area (Å²) >= 11 is 1.91. The lowest BCUT2D eigenvalue weighted by Crippen LogP contribution is -2.82. The Hall–Kier alpha value is -2.69. The second-order valence-electron chi connectivity index (χ2n) is 26.7. The topological polar surface area (TPSA) is 182 Å². The maximum Gasteiger partial charge on any atom is 0.337 e. The molecule has 14 nitrogen and oxygen atoms in total. The van der Waals surface area contributed by atoms with Crippen LogP contribution in [0.25, 0.3) is 0 Å². The molecule has 0 spiro atoms. The van der Waals surface area contributed by atoms with Crippen molar-refractivity contribution in [3.8, 4) is 0 Å². The minimum Gasteiger partial charge on any atom is -0.459 e. The van der Waals surface area contributed by atoms with Crippen molar-refractivity contribution < 1.29 is 61.3 Å². The van der Waals surface area contributed by atoms with E-state index in [1.54, 1.807) is 0 Å². The first-order valence-electron chi connectivity index (χ1n) is 31.2. The van der Waals surface area contributed by atoms with Gasteiger partial charge in [-0.2, -0.15) is 11.8 Å². The summed E-state index contributed by atoms with van der Waals surface area (Å²) in [6, 6.07) is 12.9. The summed E-state index contributed by atoms with van der Waals surface area (Å²) in [7, 11) is -8.23. The fourth-order valence-corrected chi connectivity index (χ4v) is 21.9. The molecule has 0 unspecified atom stereocenters. The second-order valence-corrected chi connectivity index (χ2v) is 42.1. The molecule has 0 aromatic heterocycles. The molecule has 81 heavy (non-hydrogen) atoms. The van der Waals surface area contributed by atoms with Crippen molar-refractivity contribution in [3.05, 3.63) is 47.0 Å². The lowest BCUT2D eigenvalue weighted by Gasteiger charge is -2.68. The van der Waals surface area contributed by atoms with E-state index < -0.39 is 113 Å². The van der Waals surface area contributed by atoms with Crippen LogP contribution in [0.5, 0.6) is 0 Å². The number of carbonyl (C=O) groups is 5. The summed E-state index contributed by atoms with van der Waals surface area (Å²) in [6.07, 6.45) is 0.279. The van der Waals surface area contributed by atoms with E-state index in [9.17, 15) is 14.7 Å². The highest BCUT2D eigenvalue weighted by Crippen LogP contribution is 2.65. The number of nitrogens with one attached hydrogen (secondary N) is 1. The summed E-state index contributed by atoms with van der Waals surface area (Å²) < 4.78 is 49.6. The summed E-state index contributed by atoms with van der Waals surface area (Å²) in [5, 5.41) is 17.7. The number of fused-ring (bicyclic) bond motifs is 6. The summed E-state index contributed by atoms with van der Waals surface area (Å²) in [6.45, 7) is 31.9. The van der Waals surface area contributed by atoms with Crippen LogP contribution < -0.4 is 5.32 Å². The smallest absolute Gasteiger partial charge is 0.337 e. The van der Waals surface area contributed by atoms with Gasteiger partial charge in [0.25, 0.3) is 0 Å². The number of Topliss-reactive ketones (excluding diaryl/α,β-unsaturated/α-hetero) is 1. The van der Waals surface area contributed by atoms with Gasteiger partial charge in [0, 0.05) is 38.0 Å². The van der Waals surface area contributed by atoms with Crippen LogP contribution in [0.2, 0.25) is 54.4 Å². The molecule has 5 aliphatic rings. The van der Waals surface area contributed by atoms with E-state index >= 15 is 14.4 Å². The number of hydrogen-bond donors (Lipinski definition) is 2. The van der Waals surface area contributed by atoms with Crippen LogP contribution in [0.3, 0.4) is 0 Å². The number of thioether (sulfide) groups is 1. The zero-order chi connectivity index (χ0) is 60.0. The Balaban J connectivity index is 1.68. The highest BCUT2D eigenvalue weighted by molar-refractivity contribution is 7.99. The maximum absolute atomic E-state index is 17.3. The largest absolute Gasteiger partial charge is 0.459 e. The van der Waals surface area contributed by atoms with Gasteiger partial charge < -0.3 is 42.6 Å². The van der Waals surface area contributed by atoms with Gasteiger partial charge in [0.2, 0.25) is 5.91 Å². The Kier molecular flexibility index (Phi) is 22.8. The minimum atomic E-state index is -2.86. The summed E-state index contributed by atoms with van der Waals surface area (Å²) in [5.41, 5.74) is -5.04. The molecular formula is C63H105NO13SSi3. The number of carbonyl (C=O) groups excluding carboxylic acids is 5. The maximum atomic E-state index is 17.3. The molecular weight excluding hydrogens is 1100 g/mol. The molecule has 0 radical (unpaired) electrons. The van der Waals surface area contributed by atoms with Gasteiger partial charge in [0.05, 0.1) is 30.1 Å². The van der Waals surface area contributed by atoms with Crippen molar-refractivity contribution in [1.82, 2.24) is 5.32 Å². The monoisotopic (exact) mass is 1200 g/mol. The lowest BCUT2D eigenvalue weighted by atomic mass is 9.44. The van der Waals surface area contributed by atoms with E-state index in [1.165, 1.54) is 6.92 Å². The number of hydrogen-bond acceptors (Lipinski definition) is 14. The molecule has 1 amide bonds. The minimum absolute atomic E-state index is 0.0512. The standard InChI is InChI=1S/C63H105NO13SSi3/c1-17-80(18-2,19-3)75-47-40-48-62(42-71-48,74-44(8)65)55-57-63(70)41-46(43(7)51(60(63,12)13)53(56(68)61(47,55)14)77-81(20-4,21-5)22-6)72-58(69)54(76-79(15,16)59(9,10)11)52(45-34-28-26-29-35-45)64-49(66)36-30-24-23-25-32-38-78-39-33-27-31-37-50(67)73-57/h26,28-29,34-35,46-48,52-55,57,70H,17-25,27,30-33,36-42H2,1-16H3,(H,64,66)/t46-,47-,48+,52+,53+,54-,55-,57-,61+,62-,63+/m0/s1. The highest BCUT2D eigenvalue weighted by atomic mass is 32.2. The number of amides is 1. The molecule has 2 saturated carbocycles. The fraction of sp³-hybridized carbons (Fsp3) is 0.794. The van der Waals surface area contributed by atoms with Gasteiger partial charge in [-0.25, -0.2) is 4.79 Å². The third kappa shape index (κ3) is 13.8. The van der Waals surface area contributed by atoms with Gasteiger partial charge in [-0.3, -0.25) is 19.2 Å². The fourth-order valence-electron chi connectivity index (χ4n) is 14.0. The molecule has 1 aromatic rings. The molecule has 3 aliphatic carbocycles. The van der Waals surface area contributed by atoms with Crippen molar-refractivity contribution in [2.24, 2.45) is 16.7 Å². The van der Waals surface area contributed by atoms with E-state index in [0.717, 1.165) is 68.2 Å². The molecule has 3 bridgehead atoms. The highest BCUT2D eigenvalue weighted by Gasteiger charge is 2.79. The molecule has 458 valence electrons. The van der Waals surface area contributed by atoms with Crippen LogP contribution in [0.1, 0.15) is 186 Å². The number of rotatable bonds is 14. The van der Waals surface area contributed by atoms with Gasteiger partial charge in [0.15, 0.2) is 42.4 Å². The van der Waals surface area contributed by atoms with Gasteiger partial charge in [-0.15, -0.1) is 0 Å². The van der Waals surface area contributed by atoms with E-state index in [-0.39, 0.29) is 49.0 Å². The molecule has 2 saturated heterocycles. The first kappa shape index (κ1) is 67.4. The van der Waals surface area contributed by atoms with E-state index in [1.807, 2.05) is 69.8 Å². The molecule has 2 heterocycles. The zero-order valence-electron chi connectivity index (χ0n) is 52.6. The van der Waals surface area contributed by atoms with Gasteiger partial charge in [-0.1, -0.05) is 132 Å². The number of ether oxygens (including phenoxy) is 4. The number of esters is 3. The van der Waals surface area contributed by atoms with Crippen LogP contribution in [0, 0.1) is 16.7 Å². The van der Waals surface area contributed by atoms with Crippen molar-refractivity contribution in [3.63, 3.8) is 0 Å². The third-order valence-corrected chi connectivity index (χ3v) is 35.7. The van der Waals surface area contributed by atoms with Gasteiger partial charge in [0.1, 0.15) is 30.0 Å². The molecule has 4 fully saturated rings. The lowest BCUT2D eigenvalue weighted by molar-refractivity contribution is -0.346. The van der Waals surface area contributed by atoms with Gasteiger partial charge in [-0.05, 0) is 122 Å². The Morgan fingerprint density at radius 3 is 1.89 bits per heavy atom. The Labute approximate surface area is 494 Å². The van der Waals surface area contributed by atoms with Crippen molar-refractivity contribution in [2.45, 2.75) is 282 Å². The third-order valence-electron chi connectivity index (χ3n) is 20.9. The first-order chi connectivity index (χ1) is 38.1. The number of benzene rings is 1. The SMILES string of the molecule is CC[Si](CC)(CC)O[C@H]1C(=O)[C@]2(C)[C@@H](O[Si](CC)(CC)CC)C[C@H]3OC[C@@]3(OC(C)=O)[C@H]2[C@@H]2OC(=O)CCCCCSCCCCCCCC(=O)N[C@H](c3ccccc3)[C@H](O[Si](C)(C)C(C)(C)C)C(=O)O[C@H]3C[C@]2(O)C(C)(C)C1=C3C. The van der Waals surface area contributed by atoms with Crippen LogP contribution in [-0.2, 0) is 56.2 Å². The van der Waals surface area contributed by atoms with E-state index in [4.69, 9.17) is 32.2 Å². The van der Waals surface area contributed by atoms with Crippen LogP contribution in [0.15, 0.2) is 41.5 Å². The predicted octanol–water partition coefficient (Wildman–Crippen LogP) is 13.3. The Bertz CT molecular complexity index is 2360. The normalized spacial score (nSPS) is 32.8. The quantitative estimate of drug-likeness (QED) is 0.0777. The molecule has 2 N–H and O–H groups in total. The summed E-state index contributed by atoms with van der Waals surface area (Å²) in [4.78, 5) is 76.3. The van der Waals surface area contributed by atoms with E-state index in [0.29, 0.717) is 47.7 Å². The molecule has 6 rings (SSSR count). The molecule has 1 aromatic carbocycles. The van der Waals surface area contributed by atoms with Crippen molar-refractivity contribution in [2.75, 3.05) is 18.1 Å². The zero-order valence-corrected chi connectivity index (χ0v) is 56.4. The molecule has 2 aliphatic heterocycles. The molecule has 11 atom stereocenters. The average molecular weight is 1200 g/mol. The van der Waals surface area contributed by atoms with E-state index in [2.05, 4.69) is 80.7 Å². The first-order valence-corrected chi connectivity index (χ1v) is 40.3. The van der Waals surface area contributed by atoms with Crippen LogP contribution in [0.4, 0.5) is 0 Å². The number of aliphatic hydroxyl groups is 1. The summed E-state index contributed by atoms with van der Waals surface area (Å²) in [5.74, 6) is -1.66. The molecule has 18 heteroatoms. The van der Waals surface area contributed by atoms with Crippen molar-refractivity contribution >= 4 is 66.3 Å². The Morgan fingerprint density at radius 1 is 0.778 bits per heavy atom. The van der Waals surface area contributed by atoms with Crippen molar-refractivity contribution in [1.29, 1.82) is 0 Å². The Morgan fingerprint density at radius 2 is 1.33 bits per heavy atom. The second kappa shape index (κ2) is 27.3. The van der Waals surface area contributed by atoms with Gasteiger partial charge >= 0.3 is 17.9 Å². The van der Waals surface area contributed by atoms with Crippen LogP contribution in [-0.4, -0.2) is 126 Å².